The maximum atomic E-state index is 13.5. The van der Waals surface area contributed by atoms with Crippen molar-refractivity contribution < 1.29 is 71.4 Å². The van der Waals surface area contributed by atoms with Crippen LogP contribution in [-0.4, -0.2) is 52.5 Å². The number of unbranched alkanes of at least 4 members (excludes halogenated alkanes) is 3. The molecule has 0 spiro atoms. The van der Waals surface area contributed by atoms with Crippen LogP contribution in [-0.2, 0) is 4.79 Å². The first-order valence-corrected chi connectivity index (χ1v) is 7.88. The molecule has 1 N–H and O–H groups in total. The second kappa shape index (κ2) is 8.20. The number of rotatable bonds is 12. The summed E-state index contributed by atoms with van der Waals surface area (Å²) in [6, 6.07) is 0. The molecule has 0 saturated carbocycles. The SMILES string of the molecule is CCCCCCC(F)(F)C(F)(F)C(F)(F)C(F)(F)C(F)(F)C(F)(F)C(F)(F)C(=O)O. The van der Waals surface area contributed by atoms with E-state index >= 15 is 0 Å². The molecule has 0 saturated heterocycles. The lowest BCUT2D eigenvalue weighted by Gasteiger charge is -2.42. The summed E-state index contributed by atoms with van der Waals surface area (Å²) in [7, 11) is 0. The third-order valence-corrected chi connectivity index (χ3v) is 4.04. The van der Waals surface area contributed by atoms with E-state index in [0.29, 0.717) is 6.42 Å². The van der Waals surface area contributed by atoms with E-state index in [1.807, 2.05) is 0 Å². The Bertz CT molecular complexity index is 614. The molecule has 16 heteroatoms. The van der Waals surface area contributed by atoms with Crippen LogP contribution in [0.25, 0.3) is 0 Å². The Morgan fingerprint density at radius 3 is 1.33 bits per heavy atom. The minimum Gasteiger partial charge on any atom is -0.477 e. The number of hydrogen-bond acceptors (Lipinski definition) is 1. The number of hydrogen-bond donors (Lipinski definition) is 1. The first-order valence-electron chi connectivity index (χ1n) is 7.88. The van der Waals surface area contributed by atoms with Crippen LogP contribution >= 0.6 is 0 Å². The van der Waals surface area contributed by atoms with Gasteiger partial charge in [-0.15, -0.1) is 0 Å². The Balaban J connectivity index is 6.29. The van der Waals surface area contributed by atoms with Crippen LogP contribution in [0, 0.1) is 0 Å². The second-order valence-electron chi connectivity index (χ2n) is 6.27. The first kappa shape index (κ1) is 28.5. The van der Waals surface area contributed by atoms with Crippen molar-refractivity contribution in [1.29, 1.82) is 0 Å². The topological polar surface area (TPSA) is 37.3 Å². The zero-order chi connectivity index (χ0) is 24.6. The molecule has 0 aliphatic heterocycles. The number of carboxylic acid groups (broad SMARTS) is 1. The van der Waals surface area contributed by atoms with E-state index < -0.39 is 60.3 Å². The van der Waals surface area contributed by atoms with Gasteiger partial charge in [0.15, 0.2) is 0 Å². The molecule has 2 nitrogen and oxygen atoms in total. The van der Waals surface area contributed by atoms with E-state index in [2.05, 4.69) is 0 Å². The molecule has 0 aliphatic rings. The lowest BCUT2D eigenvalue weighted by Crippen LogP contribution is -2.73. The molecule has 0 aromatic carbocycles. The lowest BCUT2D eigenvalue weighted by atomic mass is 9.88. The fourth-order valence-corrected chi connectivity index (χ4v) is 2.08. The van der Waals surface area contributed by atoms with Crippen LogP contribution < -0.4 is 0 Å². The Kier molecular flexibility index (Phi) is 7.79. The van der Waals surface area contributed by atoms with Gasteiger partial charge in [0.1, 0.15) is 0 Å². The smallest absolute Gasteiger partial charge is 0.410 e. The average Bonchev–Trinajstić information content (AvgIpc) is 2.57. The molecule has 0 aromatic rings. The van der Waals surface area contributed by atoms with Crippen LogP contribution in [0.15, 0.2) is 0 Å². The predicted octanol–water partition coefficient (Wildman–Crippen LogP) is 6.49. The predicted molar refractivity (Wildman–Crippen MR) is 71.0 cm³/mol. The second-order valence-corrected chi connectivity index (χ2v) is 6.27. The van der Waals surface area contributed by atoms with Crippen LogP contribution in [0.2, 0.25) is 0 Å². The molecule has 0 unspecified atom stereocenters. The first-order chi connectivity index (χ1) is 13.0. The van der Waals surface area contributed by atoms with Gasteiger partial charge in [-0.25, -0.2) is 4.79 Å². The van der Waals surface area contributed by atoms with E-state index in [1.165, 1.54) is 6.92 Å². The Hall–Kier alpha value is -1.51. The van der Waals surface area contributed by atoms with Crippen LogP contribution in [0.4, 0.5) is 61.5 Å². The highest BCUT2D eigenvalue weighted by Crippen LogP contribution is 2.62. The lowest BCUT2D eigenvalue weighted by molar-refractivity contribution is -0.438. The van der Waals surface area contributed by atoms with Crippen molar-refractivity contribution in [3.8, 4) is 0 Å². The standard InChI is InChI=1S/C14H14F14O2/c1-2-3-4-5-6-8(15,16)10(19,20)12(23,24)14(27,28)13(25,26)11(21,22)9(17,18)7(29)30/h2-6H2,1H3,(H,29,30). The molecule has 180 valence electrons. The summed E-state index contributed by atoms with van der Waals surface area (Å²) in [4.78, 5) is 9.95. The van der Waals surface area contributed by atoms with Gasteiger partial charge < -0.3 is 5.11 Å². The van der Waals surface area contributed by atoms with Crippen LogP contribution in [0.1, 0.15) is 39.0 Å². The minimum absolute atomic E-state index is 0.1000. The van der Waals surface area contributed by atoms with Gasteiger partial charge in [0.05, 0.1) is 0 Å². The number of carbonyl (C=O) groups is 1. The Morgan fingerprint density at radius 1 is 0.600 bits per heavy atom. The molecule has 30 heavy (non-hydrogen) atoms. The quantitative estimate of drug-likeness (QED) is 0.256. The van der Waals surface area contributed by atoms with Crippen molar-refractivity contribution in [1.82, 2.24) is 0 Å². The van der Waals surface area contributed by atoms with Crippen molar-refractivity contribution in [3.05, 3.63) is 0 Å². The highest BCUT2D eigenvalue weighted by atomic mass is 19.4. The molecule has 0 amide bonds. The molecule has 0 rings (SSSR count). The number of halogens is 14. The van der Waals surface area contributed by atoms with E-state index in [9.17, 15) is 66.3 Å². The molecule has 0 fully saturated rings. The van der Waals surface area contributed by atoms with E-state index in [1.54, 1.807) is 0 Å². The number of aliphatic carboxylic acids is 1. The van der Waals surface area contributed by atoms with Crippen molar-refractivity contribution in [2.45, 2.75) is 80.5 Å². The summed E-state index contributed by atoms with van der Waals surface area (Å²) in [6.07, 6.45) is -3.12. The third kappa shape index (κ3) is 4.01. The van der Waals surface area contributed by atoms with Gasteiger partial charge in [-0.1, -0.05) is 26.2 Å². The fourth-order valence-electron chi connectivity index (χ4n) is 2.08. The van der Waals surface area contributed by atoms with Gasteiger partial charge in [-0.3, -0.25) is 0 Å². The highest BCUT2D eigenvalue weighted by molar-refractivity contribution is 5.77. The number of carboxylic acids is 1. The van der Waals surface area contributed by atoms with Gasteiger partial charge in [-0.2, -0.15) is 61.5 Å². The molecular weight excluding hydrogens is 466 g/mol. The third-order valence-electron chi connectivity index (χ3n) is 4.04. The molecule has 0 aliphatic carbocycles. The number of alkyl halides is 14. The summed E-state index contributed by atoms with van der Waals surface area (Å²) in [5.41, 5.74) is 0. The molecule has 0 radical (unpaired) electrons. The van der Waals surface area contributed by atoms with E-state index in [4.69, 9.17) is 5.11 Å². The van der Waals surface area contributed by atoms with Gasteiger partial charge in [-0.05, 0) is 6.42 Å². The van der Waals surface area contributed by atoms with Crippen LogP contribution in [0.3, 0.4) is 0 Å². The van der Waals surface area contributed by atoms with Gasteiger partial charge in [0.25, 0.3) is 0 Å². The largest absolute Gasteiger partial charge is 0.477 e. The normalized spacial score (nSPS) is 15.4. The summed E-state index contributed by atoms with van der Waals surface area (Å²) in [5, 5.41) is 7.77. The summed E-state index contributed by atoms with van der Waals surface area (Å²) in [6.45, 7) is 1.50. The van der Waals surface area contributed by atoms with Crippen LogP contribution in [0.5, 0.6) is 0 Å². The van der Waals surface area contributed by atoms with Gasteiger partial charge >= 0.3 is 47.4 Å². The fraction of sp³-hybridized carbons (Fsp3) is 0.929. The molecule has 0 heterocycles. The van der Waals surface area contributed by atoms with Crippen molar-refractivity contribution in [3.63, 3.8) is 0 Å². The summed E-state index contributed by atoms with van der Waals surface area (Å²) < 4.78 is 186. The van der Waals surface area contributed by atoms with Crippen molar-refractivity contribution in [2.24, 2.45) is 0 Å². The molecule has 0 bridgehead atoms. The monoisotopic (exact) mass is 480 g/mol. The average molecular weight is 480 g/mol. The maximum Gasteiger partial charge on any atom is 0.410 e. The summed E-state index contributed by atoms with van der Waals surface area (Å²) >= 11 is 0. The maximum absolute atomic E-state index is 13.5. The summed E-state index contributed by atoms with van der Waals surface area (Å²) in [5.74, 6) is -57.2. The minimum atomic E-state index is -8.24. The Labute approximate surface area is 159 Å². The zero-order valence-corrected chi connectivity index (χ0v) is 14.7. The van der Waals surface area contributed by atoms with E-state index in [0.717, 1.165) is 0 Å². The van der Waals surface area contributed by atoms with Gasteiger partial charge in [0.2, 0.25) is 0 Å². The van der Waals surface area contributed by atoms with Crippen molar-refractivity contribution >= 4 is 5.97 Å². The molecule has 0 aromatic heterocycles. The molecular formula is C14H14F14O2. The highest BCUT2D eigenvalue weighted by Gasteiger charge is 2.93. The van der Waals surface area contributed by atoms with Crippen molar-refractivity contribution in [2.75, 3.05) is 0 Å². The van der Waals surface area contributed by atoms with Gasteiger partial charge in [0, 0.05) is 6.42 Å². The molecule has 0 atom stereocenters. The Morgan fingerprint density at radius 2 is 0.967 bits per heavy atom. The zero-order valence-electron chi connectivity index (χ0n) is 14.7. The van der Waals surface area contributed by atoms with E-state index in [-0.39, 0.29) is 12.8 Å².